The highest BCUT2D eigenvalue weighted by atomic mass is 32.3. The fourth-order valence-electron chi connectivity index (χ4n) is 2.78. The second kappa shape index (κ2) is 12.1. The molecule has 0 atom stereocenters. The van der Waals surface area contributed by atoms with Crippen LogP contribution in [-0.4, -0.2) is 34.3 Å². The molecular weight excluding hydrogens is 338 g/mol. The quantitative estimate of drug-likeness (QED) is 0.474. The van der Waals surface area contributed by atoms with E-state index < -0.39 is 0 Å². The third-order valence-electron chi connectivity index (χ3n) is 3.96. The molecule has 0 bridgehead atoms. The van der Waals surface area contributed by atoms with E-state index >= 15 is 0 Å². The van der Waals surface area contributed by atoms with Gasteiger partial charge in [-0.25, -0.2) is 10.0 Å². The molecule has 1 aromatic carbocycles. The lowest BCUT2D eigenvalue weighted by Gasteiger charge is -2.24. The van der Waals surface area contributed by atoms with Gasteiger partial charge in [-0.05, 0) is 68.9 Å². The van der Waals surface area contributed by atoms with E-state index in [0.717, 1.165) is 17.9 Å². The molecule has 2 N–H and O–H groups in total. The van der Waals surface area contributed by atoms with Crippen LogP contribution in [0.5, 0.6) is 0 Å². The molecule has 0 spiro atoms. The van der Waals surface area contributed by atoms with Gasteiger partial charge in [0.15, 0.2) is 0 Å². The van der Waals surface area contributed by atoms with Crippen LogP contribution in [0.3, 0.4) is 0 Å². The molecule has 2 rings (SSSR count). The summed E-state index contributed by atoms with van der Waals surface area (Å²) in [6.07, 6.45) is 9.64. The molecule has 1 aromatic heterocycles. The monoisotopic (exact) mass is 379 g/mol. The summed E-state index contributed by atoms with van der Waals surface area (Å²) < 4.78 is 2.17. The largest absolute Gasteiger partial charge is 0.399 e. The van der Waals surface area contributed by atoms with Crippen molar-refractivity contribution in [3.63, 3.8) is 0 Å². The Labute approximate surface area is 163 Å². The summed E-state index contributed by atoms with van der Waals surface area (Å²) in [7, 11) is -0.380. The number of aryl methyl sites for hydroxylation is 2. The molecule has 4 heteroatoms. The zero-order valence-corrected chi connectivity index (χ0v) is 19.3. The van der Waals surface area contributed by atoms with E-state index in [-0.39, 0.29) is 10.0 Å². The Bertz CT molecular complexity index is 622. The van der Waals surface area contributed by atoms with Crippen molar-refractivity contribution in [1.29, 1.82) is 0 Å². The predicted molar refractivity (Wildman–Crippen MR) is 124 cm³/mol. The van der Waals surface area contributed by atoms with Gasteiger partial charge in [-0.2, -0.15) is 5.10 Å². The zero-order valence-electron chi connectivity index (χ0n) is 18.5. The minimum absolute atomic E-state index is 0.380. The maximum Gasteiger partial charge on any atom is 0.0674 e. The standard InChI is InChI=1S/C18H29N3S.2C2H6/c1-14-18(16-8-10-17(19)11-9-16)15(2)21(20-14)12-6-7-13-22(3,4)5;2*1-2/h8-11H,6-7,12-13,19H2,1-5H3;2*1-2H3. The van der Waals surface area contributed by atoms with Crippen molar-refractivity contribution in [2.75, 3.05) is 30.3 Å². The highest BCUT2D eigenvalue weighted by Gasteiger charge is 2.13. The van der Waals surface area contributed by atoms with Crippen LogP contribution in [0.1, 0.15) is 51.9 Å². The Hall–Kier alpha value is -1.42. The minimum Gasteiger partial charge on any atom is -0.399 e. The van der Waals surface area contributed by atoms with Gasteiger partial charge in [-0.3, -0.25) is 4.68 Å². The minimum atomic E-state index is -0.380. The summed E-state index contributed by atoms with van der Waals surface area (Å²) in [5, 5.41) is 4.74. The summed E-state index contributed by atoms with van der Waals surface area (Å²) in [6, 6.07) is 8.08. The highest BCUT2D eigenvalue weighted by molar-refractivity contribution is 8.32. The molecule has 150 valence electrons. The average Bonchev–Trinajstić information content (AvgIpc) is 2.89. The molecular formula is C22H41N3S. The van der Waals surface area contributed by atoms with Crippen LogP contribution in [0, 0.1) is 13.8 Å². The van der Waals surface area contributed by atoms with Crippen molar-refractivity contribution in [1.82, 2.24) is 9.78 Å². The second-order valence-corrected chi connectivity index (χ2v) is 11.5. The molecule has 0 amide bonds. The fourth-order valence-corrected chi connectivity index (χ4v) is 3.85. The number of hydrogen-bond acceptors (Lipinski definition) is 2. The smallest absolute Gasteiger partial charge is 0.0674 e. The van der Waals surface area contributed by atoms with Crippen LogP contribution in [-0.2, 0) is 6.54 Å². The lowest BCUT2D eigenvalue weighted by Crippen LogP contribution is -2.05. The van der Waals surface area contributed by atoms with Gasteiger partial charge in [0.2, 0.25) is 0 Å². The molecule has 0 saturated carbocycles. The Balaban J connectivity index is 0.00000146. The van der Waals surface area contributed by atoms with Crippen molar-refractivity contribution in [3.8, 4) is 11.1 Å². The molecule has 0 radical (unpaired) electrons. The number of nitrogens with zero attached hydrogens (tertiary/aromatic N) is 2. The molecule has 0 fully saturated rings. The van der Waals surface area contributed by atoms with E-state index in [9.17, 15) is 0 Å². The molecule has 0 saturated heterocycles. The Morgan fingerprint density at radius 1 is 0.923 bits per heavy atom. The maximum absolute atomic E-state index is 5.78. The van der Waals surface area contributed by atoms with E-state index in [2.05, 4.69) is 49.4 Å². The van der Waals surface area contributed by atoms with Gasteiger partial charge in [0.1, 0.15) is 0 Å². The van der Waals surface area contributed by atoms with E-state index in [1.54, 1.807) is 0 Å². The Morgan fingerprint density at radius 3 is 1.96 bits per heavy atom. The lowest BCUT2D eigenvalue weighted by atomic mass is 10.0. The summed E-state index contributed by atoms with van der Waals surface area (Å²) >= 11 is 0. The van der Waals surface area contributed by atoms with Gasteiger partial charge < -0.3 is 5.73 Å². The van der Waals surface area contributed by atoms with Crippen LogP contribution in [0.4, 0.5) is 5.69 Å². The van der Waals surface area contributed by atoms with Crippen LogP contribution in [0.25, 0.3) is 11.1 Å². The van der Waals surface area contributed by atoms with Crippen molar-refractivity contribution in [2.45, 2.75) is 60.9 Å². The zero-order chi connectivity index (χ0) is 20.3. The van der Waals surface area contributed by atoms with Crippen molar-refractivity contribution < 1.29 is 0 Å². The average molecular weight is 380 g/mol. The van der Waals surface area contributed by atoms with Crippen LogP contribution in [0.2, 0.25) is 0 Å². The van der Waals surface area contributed by atoms with Crippen LogP contribution >= 0.6 is 10.0 Å². The molecule has 1 heterocycles. The van der Waals surface area contributed by atoms with Gasteiger partial charge in [0, 0.05) is 23.5 Å². The number of rotatable bonds is 6. The van der Waals surface area contributed by atoms with Crippen molar-refractivity contribution in [2.24, 2.45) is 0 Å². The first-order chi connectivity index (χ1) is 12.3. The van der Waals surface area contributed by atoms with Crippen molar-refractivity contribution in [3.05, 3.63) is 35.7 Å². The van der Waals surface area contributed by atoms with Gasteiger partial charge in [-0.15, -0.1) is 0 Å². The molecule has 3 nitrogen and oxygen atoms in total. The lowest BCUT2D eigenvalue weighted by molar-refractivity contribution is 0.557. The van der Waals surface area contributed by atoms with E-state index in [1.165, 1.54) is 35.4 Å². The highest BCUT2D eigenvalue weighted by Crippen LogP contribution is 2.35. The van der Waals surface area contributed by atoms with Gasteiger partial charge in [0.25, 0.3) is 0 Å². The number of nitrogens with two attached hydrogens (primary N) is 1. The fraction of sp³-hybridized carbons (Fsp3) is 0.591. The Morgan fingerprint density at radius 2 is 1.46 bits per heavy atom. The van der Waals surface area contributed by atoms with Gasteiger partial charge in [-0.1, -0.05) is 39.8 Å². The first-order valence-corrected chi connectivity index (χ1v) is 12.9. The summed E-state index contributed by atoms with van der Waals surface area (Å²) in [6.45, 7) is 13.3. The molecule has 0 aliphatic heterocycles. The third kappa shape index (κ3) is 7.86. The van der Waals surface area contributed by atoms with Crippen LogP contribution < -0.4 is 5.73 Å². The number of hydrogen-bond donors (Lipinski definition) is 1. The topological polar surface area (TPSA) is 43.8 Å². The van der Waals surface area contributed by atoms with E-state index in [4.69, 9.17) is 10.8 Å². The molecule has 0 aliphatic rings. The van der Waals surface area contributed by atoms with E-state index in [1.807, 2.05) is 39.8 Å². The first-order valence-electron chi connectivity index (χ1n) is 9.84. The predicted octanol–water partition coefficient (Wildman–Crippen LogP) is 6.28. The molecule has 0 unspecified atom stereocenters. The first kappa shape index (κ1) is 24.6. The number of benzene rings is 1. The van der Waals surface area contributed by atoms with Crippen molar-refractivity contribution >= 4 is 15.7 Å². The van der Waals surface area contributed by atoms with Crippen LogP contribution in [0.15, 0.2) is 24.3 Å². The SMILES string of the molecule is CC.CC.Cc1nn(CCCCS(C)(C)C)c(C)c1-c1ccc(N)cc1. The molecule has 0 aliphatic carbocycles. The summed E-state index contributed by atoms with van der Waals surface area (Å²) in [5.74, 6) is 1.34. The second-order valence-electron chi connectivity index (χ2n) is 6.89. The summed E-state index contributed by atoms with van der Waals surface area (Å²) in [4.78, 5) is 0. The van der Waals surface area contributed by atoms with Gasteiger partial charge >= 0.3 is 0 Å². The third-order valence-corrected chi connectivity index (χ3v) is 5.47. The Kier molecular flexibility index (Phi) is 11.4. The molecule has 26 heavy (non-hydrogen) atoms. The number of aromatic nitrogens is 2. The van der Waals surface area contributed by atoms with Gasteiger partial charge in [0.05, 0.1) is 5.69 Å². The number of anilines is 1. The van der Waals surface area contributed by atoms with E-state index in [0.29, 0.717) is 0 Å². The maximum atomic E-state index is 5.78. The normalized spacial score (nSPS) is 11.1. The molecule has 2 aromatic rings. The number of nitrogen functional groups attached to an aromatic ring is 1. The summed E-state index contributed by atoms with van der Waals surface area (Å²) in [5.41, 5.74) is 11.4. The number of unbranched alkanes of at least 4 members (excludes halogenated alkanes) is 1.